The van der Waals surface area contributed by atoms with Crippen LogP contribution in [0, 0.1) is 0 Å². The van der Waals surface area contributed by atoms with Gasteiger partial charge in [-0.1, -0.05) is 0 Å². The average Bonchev–Trinajstić information content (AvgIpc) is 2.42. The maximum absolute atomic E-state index is 12.6. The van der Waals surface area contributed by atoms with Crippen LogP contribution in [0.1, 0.15) is 12.5 Å². The third kappa shape index (κ3) is 3.81. The van der Waals surface area contributed by atoms with Gasteiger partial charge in [-0.05, 0) is 49.4 Å². The fourth-order valence-corrected chi connectivity index (χ4v) is 1.81. The molecule has 0 radical (unpaired) electrons. The molecule has 0 amide bonds. The van der Waals surface area contributed by atoms with Crippen LogP contribution in [0.15, 0.2) is 42.5 Å². The number of hydrogen-bond acceptors (Lipinski definition) is 3. The summed E-state index contributed by atoms with van der Waals surface area (Å²) in [6.45, 7) is 2.45. The highest BCUT2D eigenvalue weighted by molar-refractivity contribution is 5.73. The van der Waals surface area contributed by atoms with Crippen molar-refractivity contribution in [1.29, 1.82) is 0 Å². The second kappa shape index (κ2) is 5.95. The Kier molecular flexibility index (Phi) is 4.26. The van der Waals surface area contributed by atoms with Gasteiger partial charge in [-0.3, -0.25) is 0 Å². The first-order valence-corrected chi connectivity index (χ1v) is 6.36. The van der Waals surface area contributed by atoms with Gasteiger partial charge in [-0.2, -0.15) is 13.2 Å². The fraction of sp³-hybridized carbons (Fsp3) is 0.200. The van der Waals surface area contributed by atoms with Gasteiger partial charge in [-0.25, -0.2) is 0 Å². The van der Waals surface area contributed by atoms with Crippen molar-refractivity contribution in [2.45, 2.75) is 13.1 Å². The number of anilines is 3. The lowest BCUT2D eigenvalue weighted by Crippen LogP contribution is -2.06. The number of nitrogens with one attached hydrogen (secondary N) is 1. The second-order valence-corrected chi connectivity index (χ2v) is 4.38. The van der Waals surface area contributed by atoms with Crippen LogP contribution >= 0.6 is 0 Å². The van der Waals surface area contributed by atoms with Crippen molar-refractivity contribution < 1.29 is 17.9 Å². The van der Waals surface area contributed by atoms with Crippen molar-refractivity contribution in [3.63, 3.8) is 0 Å². The molecule has 2 aromatic rings. The smallest absolute Gasteiger partial charge is 0.416 e. The Balaban J connectivity index is 2.16. The minimum Gasteiger partial charge on any atom is -0.494 e. The minimum atomic E-state index is -4.40. The predicted octanol–water partition coefficient (Wildman–Crippen LogP) is 4.43. The lowest BCUT2D eigenvalue weighted by atomic mass is 10.1. The number of hydrogen-bond donors (Lipinski definition) is 2. The third-order valence-electron chi connectivity index (χ3n) is 2.82. The summed E-state index contributed by atoms with van der Waals surface area (Å²) >= 11 is 0. The number of halogens is 3. The molecule has 0 unspecified atom stereocenters. The molecule has 2 rings (SSSR count). The number of ether oxygens (including phenoxy) is 1. The topological polar surface area (TPSA) is 47.3 Å². The third-order valence-corrected chi connectivity index (χ3v) is 2.82. The van der Waals surface area contributed by atoms with Crippen LogP contribution in [0.4, 0.5) is 30.2 Å². The van der Waals surface area contributed by atoms with E-state index in [0.717, 1.165) is 17.9 Å². The molecule has 0 saturated heterocycles. The SMILES string of the molecule is CCOc1ccc(Nc2ccc(C(F)(F)F)cc2N)cc1. The molecule has 0 fully saturated rings. The minimum absolute atomic E-state index is 0.0405. The van der Waals surface area contributed by atoms with E-state index in [4.69, 9.17) is 10.5 Å². The van der Waals surface area contributed by atoms with Crippen molar-refractivity contribution in [2.75, 3.05) is 17.7 Å². The Morgan fingerprint density at radius 1 is 1.10 bits per heavy atom. The highest BCUT2D eigenvalue weighted by Crippen LogP contribution is 2.33. The van der Waals surface area contributed by atoms with Gasteiger partial charge in [-0.15, -0.1) is 0 Å². The molecule has 6 heteroatoms. The number of alkyl halides is 3. The first-order valence-electron chi connectivity index (χ1n) is 6.36. The molecule has 0 bridgehead atoms. The first-order chi connectivity index (χ1) is 9.90. The van der Waals surface area contributed by atoms with Gasteiger partial charge in [0.25, 0.3) is 0 Å². The quantitative estimate of drug-likeness (QED) is 0.820. The summed E-state index contributed by atoms with van der Waals surface area (Å²) in [7, 11) is 0. The maximum Gasteiger partial charge on any atom is 0.416 e. The number of nitrogen functional groups attached to an aromatic ring is 1. The standard InChI is InChI=1S/C15H15F3N2O/c1-2-21-12-6-4-11(5-7-12)20-14-8-3-10(9-13(14)19)15(16,17)18/h3-9,20H,2,19H2,1H3. The Morgan fingerprint density at radius 2 is 1.76 bits per heavy atom. The Morgan fingerprint density at radius 3 is 2.29 bits per heavy atom. The van der Waals surface area contributed by atoms with E-state index in [1.165, 1.54) is 6.07 Å². The molecule has 21 heavy (non-hydrogen) atoms. The molecule has 2 aromatic carbocycles. The molecule has 0 saturated carbocycles. The largest absolute Gasteiger partial charge is 0.494 e. The van der Waals surface area contributed by atoms with Gasteiger partial charge in [0.1, 0.15) is 5.75 Å². The van der Waals surface area contributed by atoms with Crippen LogP contribution in [0.5, 0.6) is 5.75 Å². The van der Waals surface area contributed by atoms with Gasteiger partial charge < -0.3 is 15.8 Å². The Hall–Kier alpha value is -2.37. The van der Waals surface area contributed by atoms with Gasteiger partial charge >= 0.3 is 6.18 Å². The van der Waals surface area contributed by atoms with E-state index in [1.807, 2.05) is 6.92 Å². The van der Waals surface area contributed by atoms with Crippen LogP contribution in [0.25, 0.3) is 0 Å². The molecule has 0 aliphatic heterocycles. The van der Waals surface area contributed by atoms with Gasteiger partial charge in [0.05, 0.1) is 23.5 Å². The van der Waals surface area contributed by atoms with Crippen molar-refractivity contribution in [1.82, 2.24) is 0 Å². The fourth-order valence-electron chi connectivity index (χ4n) is 1.81. The monoisotopic (exact) mass is 296 g/mol. The zero-order valence-electron chi connectivity index (χ0n) is 11.4. The summed E-state index contributed by atoms with van der Waals surface area (Å²) in [4.78, 5) is 0. The molecule has 3 N–H and O–H groups in total. The number of benzene rings is 2. The first kappa shape index (κ1) is 15.0. The summed E-state index contributed by atoms with van der Waals surface area (Å²) in [5, 5.41) is 2.97. The molecule has 0 spiro atoms. The molecule has 0 aliphatic carbocycles. The summed E-state index contributed by atoms with van der Waals surface area (Å²) in [5.41, 5.74) is 6.07. The summed E-state index contributed by atoms with van der Waals surface area (Å²) in [6.07, 6.45) is -4.40. The van der Waals surface area contributed by atoms with E-state index in [9.17, 15) is 13.2 Å². The van der Waals surface area contributed by atoms with Crippen LogP contribution in [0.2, 0.25) is 0 Å². The molecule has 0 aromatic heterocycles. The molecule has 112 valence electrons. The van der Waals surface area contributed by atoms with E-state index in [0.29, 0.717) is 18.0 Å². The molecular formula is C15H15F3N2O. The Bertz CT molecular complexity index is 609. The van der Waals surface area contributed by atoms with Gasteiger partial charge in [0, 0.05) is 5.69 Å². The number of rotatable bonds is 4. The Labute approximate surface area is 120 Å². The van der Waals surface area contributed by atoms with Crippen LogP contribution in [-0.2, 0) is 6.18 Å². The van der Waals surface area contributed by atoms with Crippen LogP contribution in [0.3, 0.4) is 0 Å². The second-order valence-electron chi connectivity index (χ2n) is 4.38. The van der Waals surface area contributed by atoms with Crippen LogP contribution < -0.4 is 15.8 Å². The summed E-state index contributed by atoms with van der Waals surface area (Å²) in [6, 6.07) is 10.3. The van der Waals surface area contributed by atoms with Gasteiger partial charge in [0.2, 0.25) is 0 Å². The molecule has 0 heterocycles. The van der Waals surface area contributed by atoms with Crippen molar-refractivity contribution >= 4 is 17.1 Å². The maximum atomic E-state index is 12.6. The lowest BCUT2D eigenvalue weighted by molar-refractivity contribution is -0.137. The lowest BCUT2D eigenvalue weighted by Gasteiger charge is -2.13. The van der Waals surface area contributed by atoms with E-state index in [2.05, 4.69) is 5.32 Å². The zero-order valence-corrected chi connectivity index (χ0v) is 11.4. The average molecular weight is 296 g/mol. The van der Waals surface area contributed by atoms with Gasteiger partial charge in [0.15, 0.2) is 0 Å². The molecule has 0 atom stereocenters. The van der Waals surface area contributed by atoms with E-state index in [-0.39, 0.29) is 5.69 Å². The molecule has 3 nitrogen and oxygen atoms in total. The van der Waals surface area contributed by atoms with E-state index >= 15 is 0 Å². The molecular weight excluding hydrogens is 281 g/mol. The number of nitrogens with two attached hydrogens (primary N) is 1. The van der Waals surface area contributed by atoms with E-state index < -0.39 is 11.7 Å². The summed E-state index contributed by atoms with van der Waals surface area (Å²) < 4.78 is 43.0. The predicted molar refractivity (Wildman–Crippen MR) is 76.8 cm³/mol. The highest BCUT2D eigenvalue weighted by Gasteiger charge is 2.30. The van der Waals surface area contributed by atoms with Crippen molar-refractivity contribution in [2.24, 2.45) is 0 Å². The summed E-state index contributed by atoms with van der Waals surface area (Å²) in [5.74, 6) is 0.725. The normalized spacial score (nSPS) is 11.2. The van der Waals surface area contributed by atoms with Crippen molar-refractivity contribution in [3.8, 4) is 5.75 Å². The molecule has 0 aliphatic rings. The van der Waals surface area contributed by atoms with E-state index in [1.54, 1.807) is 24.3 Å². The van der Waals surface area contributed by atoms with Crippen molar-refractivity contribution in [3.05, 3.63) is 48.0 Å². The van der Waals surface area contributed by atoms with Crippen LogP contribution in [-0.4, -0.2) is 6.61 Å². The zero-order chi connectivity index (χ0) is 15.5. The highest BCUT2D eigenvalue weighted by atomic mass is 19.4.